The van der Waals surface area contributed by atoms with E-state index in [-0.39, 0.29) is 11.5 Å². The Kier molecular flexibility index (Phi) is 7.17. The van der Waals surface area contributed by atoms with Crippen LogP contribution in [-0.2, 0) is 4.74 Å². The van der Waals surface area contributed by atoms with Crippen molar-refractivity contribution in [3.05, 3.63) is 36.1 Å². The molecular weight excluding hydrogens is 280 g/mol. The largest absolute Gasteiger partial charge is 0.494 e. The summed E-state index contributed by atoms with van der Waals surface area (Å²) in [6, 6.07) is 0. The van der Waals surface area contributed by atoms with E-state index in [1.165, 1.54) is 5.57 Å². The van der Waals surface area contributed by atoms with E-state index in [0.717, 1.165) is 18.6 Å². The lowest BCUT2D eigenvalue weighted by Crippen LogP contribution is -2.39. The zero-order valence-corrected chi connectivity index (χ0v) is 16.6. The van der Waals surface area contributed by atoms with Crippen molar-refractivity contribution >= 4 is 0 Å². The van der Waals surface area contributed by atoms with Crippen LogP contribution in [0.1, 0.15) is 68.2 Å². The second kappa shape index (κ2) is 8.22. The van der Waals surface area contributed by atoms with E-state index in [1.807, 2.05) is 13.8 Å². The Hall–Kier alpha value is -0.980. The normalized spacial score (nSPS) is 33.0. The molecule has 1 heteroatoms. The molecular formula is C22H38O. The minimum Gasteiger partial charge on any atom is -0.494 e. The fraction of sp³-hybridized carbons (Fsp3) is 0.727. The Labute approximate surface area is 144 Å². The van der Waals surface area contributed by atoms with E-state index in [2.05, 4.69) is 66.3 Å². The van der Waals surface area contributed by atoms with Gasteiger partial charge in [0.15, 0.2) is 0 Å². The first-order chi connectivity index (χ1) is 10.8. The monoisotopic (exact) mass is 318 g/mol. The fourth-order valence-corrected chi connectivity index (χ4v) is 3.47. The number of hydrogen-bond donors (Lipinski definition) is 0. The SMILES string of the molecule is C=C(O[C@H]1C[C@@H](C)C=C2C=C[C@H](C)C(C)C21)C(C)(C)CC.CC. The van der Waals surface area contributed by atoms with Crippen molar-refractivity contribution in [2.75, 3.05) is 0 Å². The van der Waals surface area contributed by atoms with Crippen molar-refractivity contribution in [3.8, 4) is 0 Å². The Morgan fingerprint density at radius 2 is 1.87 bits per heavy atom. The minimum atomic E-state index is 0.0594. The van der Waals surface area contributed by atoms with Crippen LogP contribution in [0.5, 0.6) is 0 Å². The smallest absolute Gasteiger partial charge is 0.106 e. The van der Waals surface area contributed by atoms with Crippen molar-refractivity contribution in [2.24, 2.45) is 29.1 Å². The van der Waals surface area contributed by atoms with Crippen LogP contribution >= 0.6 is 0 Å². The van der Waals surface area contributed by atoms with Crippen molar-refractivity contribution in [1.29, 1.82) is 0 Å². The molecule has 0 amide bonds. The summed E-state index contributed by atoms with van der Waals surface area (Å²) in [6.45, 7) is 21.9. The molecule has 0 heterocycles. The molecule has 0 saturated heterocycles. The lowest BCUT2D eigenvalue weighted by atomic mass is 9.67. The number of hydrogen-bond acceptors (Lipinski definition) is 1. The van der Waals surface area contributed by atoms with Gasteiger partial charge in [-0.1, -0.05) is 80.2 Å². The summed E-state index contributed by atoms with van der Waals surface area (Å²) in [5.74, 6) is 3.32. The van der Waals surface area contributed by atoms with Gasteiger partial charge in [0.2, 0.25) is 0 Å². The Morgan fingerprint density at radius 1 is 1.26 bits per heavy atom. The molecule has 23 heavy (non-hydrogen) atoms. The van der Waals surface area contributed by atoms with Gasteiger partial charge in [-0.05, 0) is 36.2 Å². The van der Waals surface area contributed by atoms with Gasteiger partial charge in [-0.2, -0.15) is 0 Å². The fourth-order valence-electron chi connectivity index (χ4n) is 3.47. The second-order valence-corrected chi connectivity index (χ2v) is 7.80. The van der Waals surface area contributed by atoms with E-state index in [0.29, 0.717) is 23.7 Å². The third-order valence-electron chi connectivity index (χ3n) is 5.79. The van der Waals surface area contributed by atoms with Crippen LogP contribution < -0.4 is 0 Å². The molecule has 0 saturated carbocycles. The van der Waals surface area contributed by atoms with E-state index in [1.54, 1.807) is 0 Å². The second-order valence-electron chi connectivity index (χ2n) is 7.80. The first kappa shape index (κ1) is 20.1. The van der Waals surface area contributed by atoms with E-state index >= 15 is 0 Å². The van der Waals surface area contributed by atoms with Crippen molar-refractivity contribution in [1.82, 2.24) is 0 Å². The highest BCUT2D eigenvalue weighted by atomic mass is 16.5. The summed E-state index contributed by atoms with van der Waals surface area (Å²) < 4.78 is 6.44. The topological polar surface area (TPSA) is 9.23 Å². The number of allylic oxidation sites excluding steroid dienone is 4. The van der Waals surface area contributed by atoms with E-state index in [4.69, 9.17) is 4.74 Å². The van der Waals surface area contributed by atoms with Crippen LogP contribution in [0.4, 0.5) is 0 Å². The number of rotatable bonds is 4. The maximum absolute atomic E-state index is 6.44. The van der Waals surface area contributed by atoms with Gasteiger partial charge in [-0.15, -0.1) is 0 Å². The van der Waals surface area contributed by atoms with E-state index < -0.39 is 0 Å². The summed E-state index contributed by atoms with van der Waals surface area (Å²) in [5, 5.41) is 0. The minimum absolute atomic E-state index is 0.0594. The highest BCUT2D eigenvalue weighted by Gasteiger charge is 2.39. The van der Waals surface area contributed by atoms with Gasteiger partial charge in [0.05, 0.1) is 5.76 Å². The molecule has 2 aliphatic carbocycles. The molecule has 0 bridgehead atoms. The maximum atomic E-state index is 6.44. The van der Waals surface area contributed by atoms with Gasteiger partial charge in [-0.3, -0.25) is 0 Å². The van der Waals surface area contributed by atoms with Gasteiger partial charge in [0.25, 0.3) is 0 Å². The highest BCUT2D eigenvalue weighted by Crippen LogP contribution is 2.44. The first-order valence-electron chi connectivity index (χ1n) is 9.52. The highest BCUT2D eigenvalue weighted by molar-refractivity contribution is 5.31. The number of ether oxygens (including phenoxy) is 1. The predicted molar refractivity (Wildman–Crippen MR) is 102 cm³/mol. The summed E-state index contributed by atoms with van der Waals surface area (Å²) in [7, 11) is 0. The van der Waals surface area contributed by atoms with Crippen LogP contribution in [-0.4, -0.2) is 6.10 Å². The summed E-state index contributed by atoms with van der Waals surface area (Å²) in [4.78, 5) is 0. The van der Waals surface area contributed by atoms with E-state index in [9.17, 15) is 0 Å². The molecule has 2 aliphatic rings. The Bertz CT molecular complexity index is 455. The average Bonchev–Trinajstić information content (AvgIpc) is 2.52. The van der Waals surface area contributed by atoms with Crippen molar-refractivity contribution in [2.45, 2.75) is 74.3 Å². The zero-order chi connectivity index (χ0) is 17.8. The van der Waals surface area contributed by atoms with Gasteiger partial charge in [0.1, 0.15) is 6.10 Å². The van der Waals surface area contributed by atoms with Crippen LogP contribution in [0.15, 0.2) is 36.1 Å². The van der Waals surface area contributed by atoms with Crippen LogP contribution in [0.2, 0.25) is 0 Å². The maximum Gasteiger partial charge on any atom is 0.106 e. The van der Waals surface area contributed by atoms with Crippen molar-refractivity contribution < 1.29 is 4.74 Å². The average molecular weight is 319 g/mol. The molecule has 1 nitrogen and oxygen atoms in total. The van der Waals surface area contributed by atoms with Crippen LogP contribution in [0.25, 0.3) is 0 Å². The molecule has 2 rings (SSSR count). The molecule has 0 radical (unpaired) electrons. The van der Waals surface area contributed by atoms with Crippen LogP contribution in [0, 0.1) is 29.1 Å². The number of fused-ring (bicyclic) bond motifs is 1. The molecule has 0 aromatic carbocycles. The summed E-state index contributed by atoms with van der Waals surface area (Å²) in [6.07, 6.45) is 9.57. The predicted octanol–water partition coefficient (Wildman–Crippen LogP) is 6.77. The first-order valence-corrected chi connectivity index (χ1v) is 9.52. The Morgan fingerprint density at radius 3 is 2.43 bits per heavy atom. The lowest BCUT2D eigenvalue weighted by Gasteiger charge is -2.43. The third kappa shape index (κ3) is 4.52. The van der Waals surface area contributed by atoms with Gasteiger partial charge in [-0.25, -0.2) is 0 Å². The zero-order valence-electron chi connectivity index (χ0n) is 16.6. The Balaban J connectivity index is 0.00000127. The summed E-state index contributed by atoms with van der Waals surface area (Å²) >= 11 is 0. The summed E-state index contributed by atoms with van der Waals surface area (Å²) in [5.41, 5.74) is 1.54. The molecule has 132 valence electrons. The van der Waals surface area contributed by atoms with Gasteiger partial charge >= 0.3 is 0 Å². The molecule has 0 N–H and O–H groups in total. The molecule has 0 aromatic rings. The molecule has 5 atom stereocenters. The molecule has 0 aromatic heterocycles. The molecule has 0 spiro atoms. The quantitative estimate of drug-likeness (QED) is 0.519. The standard InChI is InChI=1S/C20H32O.C2H6/c1-8-20(6,7)16(5)21-18-12-13(2)11-17-10-9-14(3)15(4)19(17)18;1-2/h9-11,13-15,18-19H,5,8,12H2,1-4,6-7H3;1-2H3/t13-,14-,15?,18-,19?;/m0./s1. The lowest BCUT2D eigenvalue weighted by molar-refractivity contribution is 0.00356. The molecule has 2 unspecified atom stereocenters. The molecule has 0 fully saturated rings. The van der Waals surface area contributed by atoms with Gasteiger partial charge < -0.3 is 4.74 Å². The molecule has 0 aliphatic heterocycles. The van der Waals surface area contributed by atoms with Crippen molar-refractivity contribution in [3.63, 3.8) is 0 Å². The van der Waals surface area contributed by atoms with Crippen LogP contribution in [0.3, 0.4) is 0 Å². The third-order valence-corrected chi connectivity index (χ3v) is 5.79. The van der Waals surface area contributed by atoms with Gasteiger partial charge in [0, 0.05) is 11.3 Å².